The summed E-state index contributed by atoms with van der Waals surface area (Å²) < 4.78 is 0. The van der Waals surface area contributed by atoms with E-state index in [1.54, 1.807) is 23.2 Å². The van der Waals surface area contributed by atoms with Crippen LogP contribution in [0.2, 0.25) is 0 Å². The number of pyridine rings is 1. The van der Waals surface area contributed by atoms with E-state index in [0.717, 1.165) is 12.1 Å². The van der Waals surface area contributed by atoms with Crippen molar-refractivity contribution in [3.05, 3.63) is 24.0 Å². The van der Waals surface area contributed by atoms with Crippen LogP contribution in [-0.4, -0.2) is 46.6 Å². The summed E-state index contributed by atoms with van der Waals surface area (Å²) in [5, 5.41) is 12.4. The first-order chi connectivity index (χ1) is 9.15. The van der Waals surface area contributed by atoms with Gasteiger partial charge in [-0.1, -0.05) is 6.92 Å². The minimum Gasteiger partial charge on any atom is -0.394 e. The molecule has 2 N–H and O–H groups in total. The van der Waals surface area contributed by atoms with E-state index in [4.69, 9.17) is 0 Å². The van der Waals surface area contributed by atoms with Gasteiger partial charge < -0.3 is 15.3 Å². The fourth-order valence-corrected chi connectivity index (χ4v) is 1.82. The molecule has 19 heavy (non-hydrogen) atoms. The molecule has 1 aromatic heterocycles. The topological polar surface area (TPSA) is 65.5 Å². The Morgan fingerprint density at radius 2 is 2.11 bits per heavy atom. The van der Waals surface area contributed by atoms with Gasteiger partial charge in [0.05, 0.1) is 6.61 Å². The highest BCUT2D eigenvalue weighted by Gasteiger charge is 2.14. The Morgan fingerprint density at radius 1 is 1.42 bits per heavy atom. The van der Waals surface area contributed by atoms with E-state index in [2.05, 4.69) is 10.3 Å². The van der Waals surface area contributed by atoms with Gasteiger partial charge in [-0.25, -0.2) is 0 Å². The monoisotopic (exact) mass is 265 g/mol. The predicted octanol–water partition coefficient (Wildman–Crippen LogP) is 1.75. The molecule has 5 nitrogen and oxygen atoms in total. The molecule has 1 rings (SSSR count). The lowest BCUT2D eigenvalue weighted by molar-refractivity contribution is 0.0767. The average Bonchev–Trinajstić information content (AvgIpc) is 2.46. The number of aliphatic hydroxyl groups is 1. The fourth-order valence-electron chi connectivity index (χ4n) is 1.82. The summed E-state index contributed by atoms with van der Waals surface area (Å²) in [6.45, 7) is 7.30. The Labute approximate surface area is 114 Å². The fraction of sp³-hybridized carbons (Fsp3) is 0.571. The van der Waals surface area contributed by atoms with Crippen LogP contribution in [0.4, 0.5) is 5.69 Å². The number of rotatable bonds is 7. The minimum absolute atomic E-state index is 0.00111. The van der Waals surface area contributed by atoms with Gasteiger partial charge in [-0.05, 0) is 32.4 Å². The van der Waals surface area contributed by atoms with Gasteiger partial charge in [-0.15, -0.1) is 0 Å². The van der Waals surface area contributed by atoms with Crippen LogP contribution in [0.1, 0.15) is 37.7 Å². The zero-order chi connectivity index (χ0) is 14.3. The number of hydrogen-bond acceptors (Lipinski definition) is 4. The van der Waals surface area contributed by atoms with Gasteiger partial charge in [0.2, 0.25) is 0 Å². The second kappa shape index (κ2) is 7.74. The molecule has 0 bridgehead atoms. The maximum atomic E-state index is 12.2. The van der Waals surface area contributed by atoms with Crippen LogP contribution in [-0.2, 0) is 0 Å². The minimum atomic E-state index is -0.0642. The molecule has 0 saturated heterocycles. The van der Waals surface area contributed by atoms with Crippen LogP contribution >= 0.6 is 0 Å². The maximum Gasteiger partial charge on any atom is 0.272 e. The molecule has 0 aliphatic heterocycles. The van der Waals surface area contributed by atoms with Gasteiger partial charge in [0.1, 0.15) is 5.69 Å². The molecule has 0 spiro atoms. The van der Waals surface area contributed by atoms with Gasteiger partial charge in [-0.3, -0.25) is 9.78 Å². The van der Waals surface area contributed by atoms with Gasteiger partial charge >= 0.3 is 0 Å². The average molecular weight is 265 g/mol. The Balaban J connectivity index is 2.84. The quantitative estimate of drug-likeness (QED) is 0.788. The summed E-state index contributed by atoms with van der Waals surface area (Å²) >= 11 is 0. The molecule has 1 unspecified atom stereocenters. The second-order valence-electron chi connectivity index (χ2n) is 4.34. The number of carbonyl (C=O) groups excluding carboxylic acids is 1. The summed E-state index contributed by atoms with van der Waals surface area (Å²) in [7, 11) is 0. The molecule has 1 heterocycles. The zero-order valence-electron chi connectivity index (χ0n) is 11.9. The normalized spacial score (nSPS) is 12.0. The maximum absolute atomic E-state index is 12.2. The van der Waals surface area contributed by atoms with Crippen LogP contribution in [0.15, 0.2) is 18.3 Å². The van der Waals surface area contributed by atoms with Crippen LogP contribution in [0.3, 0.4) is 0 Å². The lowest BCUT2D eigenvalue weighted by Crippen LogP contribution is -2.31. The van der Waals surface area contributed by atoms with Crippen molar-refractivity contribution in [2.75, 3.05) is 25.0 Å². The summed E-state index contributed by atoms with van der Waals surface area (Å²) in [6, 6.07) is 3.54. The molecule has 0 aliphatic carbocycles. The number of amides is 1. The molecule has 106 valence electrons. The highest BCUT2D eigenvalue weighted by Crippen LogP contribution is 2.12. The van der Waals surface area contributed by atoms with E-state index in [1.165, 1.54) is 0 Å². The Bertz CT molecular complexity index is 401. The third kappa shape index (κ3) is 4.21. The lowest BCUT2D eigenvalue weighted by Gasteiger charge is -2.19. The van der Waals surface area contributed by atoms with Crippen LogP contribution < -0.4 is 5.32 Å². The molecule has 0 aliphatic rings. The molecule has 0 aromatic carbocycles. The summed E-state index contributed by atoms with van der Waals surface area (Å²) in [6.07, 6.45) is 2.43. The Kier molecular flexibility index (Phi) is 6.29. The predicted molar refractivity (Wildman–Crippen MR) is 76.3 cm³/mol. The first kappa shape index (κ1) is 15.4. The number of hydrogen-bond donors (Lipinski definition) is 2. The van der Waals surface area contributed by atoms with E-state index in [1.807, 2.05) is 20.8 Å². The molecular formula is C14H23N3O2. The van der Waals surface area contributed by atoms with E-state index in [9.17, 15) is 9.90 Å². The molecule has 0 radical (unpaired) electrons. The molecule has 0 fully saturated rings. The van der Waals surface area contributed by atoms with Crippen molar-refractivity contribution < 1.29 is 9.90 Å². The summed E-state index contributed by atoms with van der Waals surface area (Å²) in [5.74, 6) is -0.0642. The van der Waals surface area contributed by atoms with Crippen molar-refractivity contribution in [2.45, 2.75) is 33.2 Å². The van der Waals surface area contributed by atoms with Crippen LogP contribution in [0, 0.1) is 0 Å². The molecule has 1 atom stereocenters. The standard InChI is InChI=1S/C14H23N3O2/c1-4-11(10-18)16-12-7-8-15-13(9-12)14(19)17(5-2)6-3/h7-9,11,18H,4-6,10H2,1-3H3,(H,15,16). The summed E-state index contributed by atoms with van der Waals surface area (Å²) in [5.41, 5.74) is 1.24. The van der Waals surface area contributed by atoms with Crippen molar-refractivity contribution in [1.82, 2.24) is 9.88 Å². The first-order valence-electron chi connectivity index (χ1n) is 6.78. The van der Waals surface area contributed by atoms with E-state index < -0.39 is 0 Å². The van der Waals surface area contributed by atoms with Crippen molar-refractivity contribution in [2.24, 2.45) is 0 Å². The van der Waals surface area contributed by atoms with Gasteiger partial charge in [-0.2, -0.15) is 0 Å². The molecule has 0 saturated carbocycles. The number of nitrogens with one attached hydrogen (secondary N) is 1. The van der Waals surface area contributed by atoms with Gasteiger partial charge in [0.25, 0.3) is 5.91 Å². The lowest BCUT2D eigenvalue weighted by atomic mass is 10.2. The molecular weight excluding hydrogens is 242 g/mol. The number of aromatic nitrogens is 1. The number of carbonyl (C=O) groups is 1. The van der Waals surface area contributed by atoms with Crippen molar-refractivity contribution in [3.63, 3.8) is 0 Å². The molecule has 5 heteroatoms. The molecule has 1 aromatic rings. The third-order valence-electron chi connectivity index (χ3n) is 3.11. The second-order valence-corrected chi connectivity index (χ2v) is 4.34. The smallest absolute Gasteiger partial charge is 0.272 e. The van der Waals surface area contributed by atoms with E-state index in [0.29, 0.717) is 18.8 Å². The zero-order valence-corrected chi connectivity index (χ0v) is 11.9. The third-order valence-corrected chi connectivity index (χ3v) is 3.11. The number of nitrogens with zero attached hydrogens (tertiary/aromatic N) is 2. The van der Waals surface area contributed by atoms with Crippen molar-refractivity contribution in [1.29, 1.82) is 0 Å². The van der Waals surface area contributed by atoms with E-state index >= 15 is 0 Å². The Morgan fingerprint density at radius 3 is 2.63 bits per heavy atom. The SMILES string of the molecule is CCC(CO)Nc1ccnc(C(=O)N(CC)CC)c1. The highest BCUT2D eigenvalue weighted by atomic mass is 16.3. The van der Waals surface area contributed by atoms with E-state index in [-0.39, 0.29) is 18.6 Å². The first-order valence-corrected chi connectivity index (χ1v) is 6.78. The molecule has 1 amide bonds. The van der Waals surface area contributed by atoms with Crippen LogP contribution in [0.5, 0.6) is 0 Å². The number of aliphatic hydroxyl groups excluding tert-OH is 1. The van der Waals surface area contributed by atoms with Gasteiger partial charge in [0.15, 0.2) is 0 Å². The van der Waals surface area contributed by atoms with Crippen LogP contribution in [0.25, 0.3) is 0 Å². The number of anilines is 1. The Hall–Kier alpha value is -1.62. The van der Waals surface area contributed by atoms with Crippen molar-refractivity contribution in [3.8, 4) is 0 Å². The highest BCUT2D eigenvalue weighted by molar-refractivity contribution is 5.93. The van der Waals surface area contributed by atoms with Crippen molar-refractivity contribution >= 4 is 11.6 Å². The largest absolute Gasteiger partial charge is 0.394 e. The van der Waals surface area contributed by atoms with Gasteiger partial charge in [0, 0.05) is 31.0 Å². The summed E-state index contributed by atoms with van der Waals surface area (Å²) in [4.78, 5) is 18.0.